The summed E-state index contributed by atoms with van der Waals surface area (Å²) in [5.74, 6) is 2.54. The van der Waals surface area contributed by atoms with Crippen LogP contribution in [0, 0.1) is 0 Å². The second-order valence-corrected chi connectivity index (χ2v) is 6.32. The van der Waals surface area contributed by atoms with Gasteiger partial charge in [-0.05, 0) is 37.2 Å². The van der Waals surface area contributed by atoms with Crippen LogP contribution in [-0.2, 0) is 0 Å². The van der Waals surface area contributed by atoms with Gasteiger partial charge in [0.05, 0.1) is 0 Å². The van der Waals surface area contributed by atoms with Crippen LogP contribution in [0.2, 0.25) is 0 Å². The van der Waals surface area contributed by atoms with Gasteiger partial charge >= 0.3 is 0 Å². The van der Waals surface area contributed by atoms with Gasteiger partial charge in [0, 0.05) is 26.2 Å². The van der Waals surface area contributed by atoms with Crippen LogP contribution < -0.4 is 20.3 Å². The van der Waals surface area contributed by atoms with Crippen LogP contribution in [0.4, 0.5) is 11.8 Å². The Balaban J connectivity index is 1.88. The molecule has 0 spiro atoms. The Kier molecular flexibility index (Phi) is 6.00. The maximum Gasteiger partial charge on any atom is 0.234 e. The van der Waals surface area contributed by atoms with Gasteiger partial charge in [0.25, 0.3) is 0 Å². The van der Waals surface area contributed by atoms with E-state index >= 15 is 0 Å². The monoisotopic (exact) mass is 357 g/mol. The Morgan fingerprint density at radius 1 is 1.08 bits per heavy atom. The standard InChI is InChI=1S/C18H23N5OS/c1-19-18(25)22-17-20-15(23-11-7-2-3-8-12-23)13-16(21-17)24-14-9-5-4-6-10-14/h4-6,9-10,13H,2-3,7-8,11-12H2,1H3,(H2,19,20,21,22,25). The highest BCUT2D eigenvalue weighted by atomic mass is 32.1. The number of anilines is 2. The number of nitrogens with zero attached hydrogens (tertiary/aromatic N) is 3. The fourth-order valence-corrected chi connectivity index (χ4v) is 2.85. The zero-order chi connectivity index (χ0) is 17.5. The molecule has 0 atom stereocenters. The highest BCUT2D eigenvalue weighted by Crippen LogP contribution is 2.26. The summed E-state index contributed by atoms with van der Waals surface area (Å²) in [6, 6.07) is 11.5. The molecule has 0 bridgehead atoms. The highest BCUT2D eigenvalue weighted by molar-refractivity contribution is 7.80. The van der Waals surface area contributed by atoms with Gasteiger partial charge in [-0.3, -0.25) is 0 Å². The Hall–Kier alpha value is -2.41. The summed E-state index contributed by atoms with van der Waals surface area (Å²) < 4.78 is 5.92. The van der Waals surface area contributed by atoms with Crippen molar-refractivity contribution < 1.29 is 4.74 Å². The molecular formula is C18H23N5OS. The lowest BCUT2D eigenvalue weighted by atomic mass is 10.2. The quantitative estimate of drug-likeness (QED) is 0.811. The van der Waals surface area contributed by atoms with E-state index in [0.29, 0.717) is 16.9 Å². The van der Waals surface area contributed by atoms with Crippen molar-refractivity contribution in [3.8, 4) is 11.6 Å². The topological polar surface area (TPSA) is 62.3 Å². The van der Waals surface area contributed by atoms with E-state index < -0.39 is 0 Å². The average molecular weight is 357 g/mol. The first-order valence-electron chi connectivity index (χ1n) is 8.60. The lowest BCUT2D eigenvalue weighted by Gasteiger charge is -2.22. The van der Waals surface area contributed by atoms with Gasteiger partial charge in [-0.25, -0.2) is 0 Å². The minimum absolute atomic E-state index is 0.437. The second-order valence-electron chi connectivity index (χ2n) is 5.91. The molecule has 2 heterocycles. The Morgan fingerprint density at radius 2 is 1.80 bits per heavy atom. The predicted molar refractivity (Wildman–Crippen MR) is 105 cm³/mol. The molecule has 1 fully saturated rings. The molecular weight excluding hydrogens is 334 g/mol. The molecule has 1 aromatic heterocycles. The van der Waals surface area contributed by atoms with Crippen LogP contribution in [0.25, 0.3) is 0 Å². The van der Waals surface area contributed by atoms with Gasteiger partial charge in [-0.1, -0.05) is 31.0 Å². The average Bonchev–Trinajstić information content (AvgIpc) is 2.92. The molecule has 0 radical (unpaired) electrons. The number of hydrogen-bond donors (Lipinski definition) is 2. The molecule has 2 N–H and O–H groups in total. The smallest absolute Gasteiger partial charge is 0.234 e. The molecule has 0 saturated carbocycles. The second kappa shape index (κ2) is 8.62. The van der Waals surface area contributed by atoms with Gasteiger partial charge in [-0.15, -0.1) is 0 Å². The fourth-order valence-electron chi connectivity index (χ4n) is 2.76. The normalized spacial score (nSPS) is 14.5. The summed E-state index contributed by atoms with van der Waals surface area (Å²) in [7, 11) is 1.76. The molecule has 1 aliphatic heterocycles. The Labute approximate surface area is 153 Å². The lowest BCUT2D eigenvalue weighted by molar-refractivity contribution is 0.462. The molecule has 7 heteroatoms. The number of benzene rings is 1. The molecule has 3 rings (SSSR count). The van der Waals surface area contributed by atoms with Crippen molar-refractivity contribution in [3.05, 3.63) is 36.4 Å². The molecule has 1 aliphatic rings. The molecule has 132 valence electrons. The maximum atomic E-state index is 5.92. The van der Waals surface area contributed by atoms with Crippen LogP contribution in [0.5, 0.6) is 11.6 Å². The highest BCUT2D eigenvalue weighted by Gasteiger charge is 2.15. The van der Waals surface area contributed by atoms with E-state index in [1.807, 2.05) is 36.4 Å². The van der Waals surface area contributed by atoms with Crippen LogP contribution >= 0.6 is 12.2 Å². The third-order valence-corrected chi connectivity index (χ3v) is 4.34. The molecule has 1 aromatic carbocycles. The minimum atomic E-state index is 0.437. The molecule has 1 saturated heterocycles. The van der Waals surface area contributed by atoms with E-state index in [1.165, 1.54) is 25.7 Å². The molecule has 6 nitrogen and oxygen atoms in total. The summed E-state index contributed by atoms with van der Waals surface area (Å²) in [4.78, 5) is 11.4. The first-order valence-corrected chi connectivity index (χ1v) is 9.01. The van der Waals surface area contributed by atoms with Gasteiger partial charge in [0.15, 0.2) is 5.11 Å². The summed E-state index contributed by atoms with van der Waals surface area (Å²) in [5, 5.41) is 6.35. The Bertz CT molecular complexity index is 702. The molecule has 0 amide bonds. The lowest BCUT2D eigenvalue weighted by Crippen LogP contribution is -2.28. The van der Waals surface area contributed by atoms with E-state index in [9.17, 15) is 0 Å². The van der Waals surface area contributed by atoms with Gasteiger partial charge in [0.2, 0.25) is 11.8 Å². The van der Waals surface area contributed by atoms with Crippen LogP contribution in [0.1, 0.15) is 25.7 Å². The van der Waals surface area contributed by atoms with E-state index in [1.54, 1.807) is 7.05 Å². The number of hydrogen-bond acceptors (Lipinski definition) is 5. The van der Waals surface area contributed by atoms with Crippen molar-refractivity contribution >= 4 is 29.1 Å². The Morgan fingerprint density at radius 3 is 2.48 bits per heavy atom. The van der Waals surface area contributed by atoms with E-state index in [2.05, 4.69) is 25.5 Å². The van der Waals surface area contributed by atoms with Crippen molar-refractivity contribution in [2.75, 3.05) is 30.4 Å². The number of para-hydroxylation sites is 1. The van der Waals surface area contributed by atoms with Crippen molar-refractivity contribution in [2.45, 2.75) is 25.7 Å². The summed E-state index contributed by atoms with van der Waals surface area (Å²) in [6.45, 7) is 2.00. The van der Waals surface area contributed by atoms with Crippen molar-refractivity contribution in [3.63, 3.8) is 0 Å². The minimum Gasteiger partial charge on any atom is -0.439 e. The maximum absolute atomic E-state index is 5.92. The van der Waals surface area contributed by atoms with E-state index in [0.717, 1.165) is 24.7 Å². The van der Waals surface area contributed by atoms with Gasteiger partial charge in [-0.2, -0.15) is 9.97 Å². The van der Waals surface area contributed by atoms with Crippen molar-refractivity contribution in [1.29, 1.82) is 0 Å². The molecule has 25 heavy (non-hydrogen) atoms. The third kappa shape index (κ3) is 5.03. The number of aromatic nitrogens is 2. The van der Waals surface area contributed by atoms with Gasteiger partial charge in [0.1, 0.15) is 11.6 Å². The molecule has 0 unspecified atom stereocenters. The SMILES string of the molecule is CNC(=S)Nc1nc(Oc2ccccc2)cc(N2CCCCCC2)n1. The van der Waals surface area contributed by atoms with E-state index in [4.69, 9.17) is 17.0 Å². The zero-order valence-corrected chi connectivity index (χ0v) is 15.2. The first-order chi connectivity index (χ1) is 12.2. The van der Waals surface area contributed by atoms with Gasteiger partial charge < -0.3 is 20.3 Å². The first kappa shape index (κ1) is 17.4. The summed E-state index contributed by atoms with van der Waals surface area (Å²) >= 11 is 5.18. The van der Waals surface area contributed by atoms with Crippen molar-refractivity contribution in [1.82, 2.24) is 15.3 Å². The predicted octanol–water partition coefficient (Wildman–Crippen LogP) is 3.57. The van der Waals surface area contributed by atoms with Crippen LogP contribution in [-0.4, -0.2) is 35.2 Å². The fraction of sp³-hybridized carbons (Fsp3) is 0.389. The number of ether oxygens (including phenoxy) is 1. The van der Waals surface area contributed by atoms with Crippen LogP contribution in [0.15, 0.2) is 36.4 Å². The number of nitrogens with one attached hydrogen (secondary N) is 2. The summed E-state index contributed by atoms with van der Waals surface area (Å²) in [5.41, 5.74) is 0. The third-order valence-electron chi connectivity index (χ3n) is 4.04. The van der Waals surface area contributed by atoms with E-state index in [-0.39, 0.29) is 0 Å². The van der Waals surface area contributed by atoms with Crippen molar-refractivity contribution in [2.24, 2.45) is 0 Å². The zero-order valence-electron chi connectivity index (χ0n) is 14.4. The summed E-state index contributed by atoms with van der Waals surface area (Å²) in [6.07, 6.45) is 4.89. The molecule has 2 aromatic rings. The number of thiocarbonyl (C=S) groups is 1. The van der Waals surface area contributed by atoms with Crippen LogP contribution in [0.3, 0.4) is 0 Å². The molecule has 0 aliphatic carbocycles. The largest absolute Gasteiger partial charge is 0.439 e. The number of rotatable bonds is 4.